The van der Waals surface area contributed by atoms with E-state index in [-0.39, 0.29) is 0 Å². The second-order valence-corrected chi connectivity index (χ2v) is 5.38. The van der Waals surface area contributed by atoms with Crippen molar-refractivity contribution in [2.45, 2.75) is 32.4 Å². The van der Waals surface area contributed by atoms with Crippen LogP contribution in [0.15, 0.2) is 22.7 Å². The third kappa shape index (κ3) is 2.98. The standard InChI is InChI=1S/C13H18BrNO/c1-9(10-3-4-10)15-8-11-7-12(14)5-6-13(11)16-2/h5-7,9-10,15H,3-4,8H2,1-2H3. The monoisotopic (exact) mass is 283 g/mol. The molecule has 0 aliphatic heterocycles. The van der Waals surface area contributed by atoms with Gasteiger partial charge in [0.2, 0.25) is 0 Å². The molecule has 16 heavy (non-hydrogen) atoms. The van der Waals surface area contributed by atoms with Gasteiger partial charge in [-0.3, -0.25) is 0 Å². The molecule has 0 bridgehead atoms. The summed E-state index contributed by atoms with van der Waals surface area (Å²) in [6, 6.07) is 6.74. The van der Waals surface area contributed by atoms with E-state index in [1.54, 1.807) is 7.11 Å². The molecule has 1 aliphatic rings. The molecular weight excluding hydrogens is 266 g/mol. The number of ether oxygens (including phenoxy) is 1. The lowest BCUT2D eigenvalue weighted by atomic mass is 10.1. The molecule has 2 rings (SSSR count). The first kappa shape index (κ1) is 11.9. The summed E-state index contributed by atoms with van der Waals surface area (Å²) in [4.78, 5) is 0. The van der Waals surface area contributed by atoms with Gasteiger partial charge in [0.25, 0.3) is 0 Å². The minimum absolute atomic E-state index is 0.615. The summed E-state index contributed by atoms with van der Waals surface area (Å²) in [5.41, 5.74) is 1.21. The summed E-state index contributed by atoms with van der Waals surface area (Å²) in [5.74, 6) is 1.84. The van der Waals surface area contributed by atoms with E-state index in [0.717, 1.165) is 22.7 Å². The number of hydrogen-bond donors (Lipinski definition) is 1. The molecule has 1 unspecified atom stereocenters. The fraction of sp³-hybridized carbons (Fsp3) is 0.538. The molecule has 1 aromatic rings. The molecule has 0 amide bonds. The fourth-order valence-corrected chi connectivity index (χ4v) is 2.33. The number of methoxy groups -OCH3 is 1. The van der Waals surface area contributed by atoms with Gasteiger partial charge in [0, 0.05) is 22.6 Å². The molecule has 1 saturated carbocycles. The lowest BCUT2D eigenvalue weighted by Crippen LogP contribution is -2.27. The van der Waals surface area contributed by atoms with Crippen LogP contribution in [0.2, 0.25) is 0 Å². The van der Waals surface area contributed by atoms with Crippen LogP contribution in [0.5, 0.6) is 5.75 Å². The average molecular weight is 284 g/mol. The number of hydrogen-bond acceptors (Lipinski definition) is 2. The Morgan fingerprint density at radius 2 is 2.25 bits per heavy atom. The van der Waals surface area contributed by atoms with Crippen molar-refractivity contribution in [3.63, 3.8) is 0 Å². The molecule has 1 atom stereocenters. The summed E-state index contributed by atoms with van der Waals surface area (Å²) in [6.07, 6.45) is 2.76. The summed E-state index contributed by atoms with van der Waals surface area (Å²) in [6.45, 7) is 3.14. The Labute approximate surface area is 106 Å². The molecule has 0 spiro atoms. The molecular formula is C13H18BrNO. The van der Waals surface area contributed by atoms with Gasteiger partial charge in [0.05, 0.1) is 7.11 Å². The van der Waals surface area contributed by atoms with Crippen molar-refractivity contribution in [2.75, 3.05) is 7.11 Å². The molecule has 1 aliphatic carbocycles. The quantitative estimate of drug-likeness (QED) is 0.895. The van der Waals surface area contributed by atoms with Crippen LogP contribution >= 0.6 is 15.9 Å². The van der Waals surface area contributed by atoms with Crippen molar-refractivity contribution in [3.8, 4) is 5.75 Å². The second kappa shape index (κ2) is 5.19. The van der Waals surface area contributed by atoms with Crippen LogP contribution in [-0.4, -0.2) is 13.2 Å². The van der Waals surface area contributed by atoms with Gasteiger partial charge in [-0.15, -0.1) is 0 Å². The van der Waals surface area contributed by atoms with E-state index >= 15 is 0 Å². The molecule has 1 N–H and O–H groups in total. The Kier molecular flexibility index (Phi) is 3.87. The van der Waals surface area contributed by atoms with E-state index in [1.807, 2.05) is 12.1 Å². The van der Waals surface area contributed by atoms with Crippen LogP contribution in [0, 0.1) is 5.92 Å². The van der Waals surface area contributed by atoms with Crippen molar-refractivity contribution in [1.29, 1.82) is 0 Å². The smallest absolute Gasteiger partial charge is 0.123 e. The van der Waals surface area contributed by atoms with E-state index in [1.165, 1.54) is 18.4 Å². The summed E-state index contributed by atoms with van der Waals surface area (Å²) < 4.78 is 6.45. The summed E-state index contributed by atoms with van der Waals surface area (Å²) in [5, 5.41) is 3.56. The number of halogens is 1. The maximum Gasteiger partial charge on any atom is 0.123 e. The highest BCUT2D eigenvalue weighted by Crippen LogP contribution is 2.32. The predicted molar refractivity (Wildman–Crippen MR) is 69.7 cm³/mol. The van der Waals surface area contributed by atoms with Crippen LogP contribution in [0.1, 0.15) is 25.3 Å². The number of nitrogens with one attached hydrogen (secondary N) is 1. The molecule has 0 saturated heterocycles. The molecule has 2 nitrogen and oxygen atoms in total. The van der Waals surface area contributed by atoms with Crippen LogP contribution in [-0.2, 0) is 6.54 Å². The Morgan fingerprint density at radius 3 is 2.88 bits per heavy atom. The van der Waals surface area contributed by atoms with Gasteiger partial charge in [0.15, 0.2) is 0 Å². The minimum atomic E-state index is 0.615. The van der Waals surface area contributed by atoms with Gasteiger partial charge in [-0.25, -0.2) is 0 Å². The van der Waals surface area contributed by atoms with Crippen LogP contribution in [0.4, 0.5) is 0 Å². The van der Waals surface area contributed by atoms with E-state index in [0.29, 0.717) is 6.04 Å². The first-order valence-electron chi connectivity index (χ1n) is 5.76. The van der Waals surface area contributed by atoms with Crippen LogP contribution < -0.4 is 10.1 Å². The molecule has 3 heteroatoms. The molecule has 1 aromatic carbocycles. The van der Waals surface area contributed by atoms with Crippen molar-refractivity contribution in [1.82, 2.24) is 5.32 Å². The van der Waals surface area contributed by atoms with Gasteiger partial charge in [-0.2, -0.15) is 0 Å². The van der Waals surface area contributed by atoms with Crippen molar-refractivity contribution >= 4 is 15.9 Å². The van der Waals surface area contributed by atoms with Crippen LogP contribution in [0.3, 0.4) is 0 Å². The lowest BCUT2D eigenvalue weighted by molar-refractivity contribution is 0.403. The minimum Gasteiger partial charge on any atom is -0.496 e. The number of benzene rings is 1. The topological polar surface area (TPSA) is 21.3 Å². The molecule has 1 fully saturated rings. The SMILES string of the molecule is COc1ccc(Br)cc1CNC(C)C1CC1. The van der Waals surface area contributed by atoms with Gasteiger partial charge in [-0.1, -0.05) is 15.9 Å². The Hall–Kier alpha value is -0.540. The zero-order valence-electron chi connectivity index (χ0n) is 9.79. The summed E-state index contributed by atoms with van der Waals surface area (Å²) in [7, 11) is 1.72. The largest absolute Gasteiger partial charge is 0.496 e. The average Bonchev–Trinajstić information content (AvgIpc) is 3.10. The Bertz CT molecular complexity index is 363. The lowest BCUT2D eigenvalue weighted by Gasteiger charge is -2.14. The maximum absolute atomic E-state index is 5.35. The Morgan fingerprint density at radius 1 is 1.50 bits per heavy atom. The third-order valence-corrected chi connectivity index (χ3v) is 3.68. The zero-order valence-corrected chi connectivity index (χ0v) is 11.4. The van der Waals surface area contributed by atoms with E-state index in [2.05, 4.69) is 34.2 Å². The second-order valence-electron chi connectivity index (χ2n) is 4.46. The molecule has 0 heterocycles. The van der Waals surface area contributed by atoms with Crippen molar-refractivity contribution in [3.05, 3.63) is 28.2 Å². The van der Waals surface area contributed by atoms with Gasteiger partial charge in [0.1, 0.15) is 5.75 Å². The predicted octanol–water partition coefficient (Wildman–Crippen LogP) is 3.35. The zero-order chi connectivity index (χ0) is 11.5. The first-order valence-corrected chi connectivity index (χ1v) is 6.56. The maximum atomic E-state index is 5.35. The van der Waals surface area contributed by atoms with Crippen molar-refractivity contribution < 1.29 is 4.74 Å². The highest BCUT2D eigenvalue weighted by Gasteiger charge is 2.27. The van der Waals surface area contributed by atoms with Crippen LogP contribution in [0.25, 0.3) is 0 Å². The van der Waals surface area contributed by atoms with E-state index in [4.69, 9.17) is 4.74 Å². The highest BCUT2D eigenvalue weighted by molar-refractivity contribution is 9.10. The molecule has 0 aromatic heterocycles. The molecule has 0 radical (unpaired) electrons. The number of rotatable bonds is 5. The first-order chi connectivity index (χ1) is 7.70. The van der Waals surface area contributed by atoms with E-state index in [9.17, 15) is 0 Å². The van der Waals surface area contributed by atoms with E-state index < -0.39 is 0 Å². The fourth-order valence-electron chi connectivity index (χ4n) is 1.92. The normalized spacial score (nSPS) is 17.2. The van der Waals surface area contributed by atoms with Crippen molar-refractivity contribution in [2.24, 2.45) is 5.92 Å². The highest BCUT2D eigenvalue weighted by atomic mass is 79.9. The van der Waals surface area contributed by atoms with Gasteiger partial charge in [-0.05, 0) is 43.9 Å². The summed E-state index contributed by atoms with van der Waals surface area (Å²) >= 11 is 3.49. The third-order valence-electron chi connectivity index (χ3n) is 3.19. The van der Waals surface area contributed by atoms with Gasteiger partial charge >= 0.3 is 0 Å². The van der Waals surface area contributed by atoms with Gasteiger partial charge < -0.3 is 10.1 Å². The molecule has 88 valence electrons. The Balaban J connectivity index is 1.98.